The molecule has 0 aromatic carbocycles. The van der Waals surface area contributed by atoms with Crippen LogP contribution in [0, 0.1) is 0 Å². The Morgan fingerprint density at radius 3 is 2.91 bits per heavy atom. The maximum atomic E-state index is 12.4. The summed E-state index contributed by atoms with van der Waals surface area (Å²) in [5, 5.41) is 0. The van der Waals surface area contributed by atoms with Crippen LogP contribution < -0.4 is 0 Å². The van der Waals surface area contributed by atoms with Crippen molar-refractivity contribution in [1.82, 2.24) is 19.8 Å². The second-order valence-electron chi connectivity index (χ2n) is 6.56. The first kappa shape index (κ1) is 16.3. The molecule has 0 saturated carbocycles. The van der Waals surface area contributed by atoms with E-state index in [1.807, 2.05) is 11.0 Å². The summed E-state index contributed by atoms with van der Waals surface area (Å²) < 4.78 is 5.69. The van der Waals surface area contributed by atoms with E-state index in [0.717, 1.165) is 51.3 Å². The predicted molar refractivity (Wildman–Crippen MR) is 86.7 cm³/mol. The molecule has 126 valence electrons. The van der Waals surface area contributed by atoms with Crippen molar-refractivity contribution >= 4 is 5.91 Å². The maximum absolute atomic E-state index is 12.4. The average Bonchev–Trinajstić information content (AvgIpc) is 3.07. The van der Waals surface area contributed by atoms with Crippen molar-refractivity contribution in [3.8, 4) is 0 Å². The SMILES string of the molecule is CN(Cc1ncccn1)C1CCN(C(=O)CC2CCCCO2)C1. The Bertz CT molecular complexity index is 505. The summed E-state index contributed by atoms with van der Waals surface area (Å²) in [6.07, 6.45) is 8.55. The molecule has 6 nitrogen and oxygen atoms in total. The lowest BCUT2D eigenvalue weighted by molar-refractivity contribution is -0.134. The van der Waals surface area contributed by atoms with Gasteiger partial charge in [0.15, 0.2) is 0 Å². The van der Waals surface area contributed by atoms with Gasteiger partial charge in [0.25, 0.3) is 0 Å². The van der Waals surface area contributed by atoms with Gasteiger partial charge in [-0.3, -0.25) is 9.69 Å². The van der Waals surface area contributed by atoms with Crippen LogP contribution in [0.2, 0.25) is 0 Å². The molecule has 6 heteroatoms. The highest BCUT2D eigenvalue weighted by Gasteiger charge is 2.30. The molecule has 0 N–H and O–H groups in total. The molecule has 2 atom stereocenters. The molecule has 1 aromatic heterocycles. The Kier molecular flexibility index (Phi) is 5.56. The van der Waals surface area contributed by atoms with Gasteiger partial charge in [-0.25, -0.2) is 9.97 Å². The number of hydrogen-bond acceptors (Lipinski definition) is 5. The topological polar surface area (TPSA) is 58.6 Å². The smallest absolute Gasteiger partial charge is 0.225 e. The summed E-state index contributed by atoms with van der Waals surface area (Å²) >= 11 is 0. The first-order valence-electron chi connectivity index (χ1n) is 8.58. The molecule has 1 aromatic rings. The minimum atomic E-state index is 0.130. The number of aromatic nitrogens is 2. The zero-order valence-corrected chi connectivity index (χ0v) is 13.9. The highest BCUT2D eigenvalue weighted by atomic mass is 16.5. The van der Waals surface area contributed by atoms with Crippen molar-refractivity contribution in [2.24, 2.45) is 0 Å². The van der Waals surface area contributed by atoms with E-state index in [0.29, 0.717) is 12.5 Å². The lowest BCUT2D eigenvalue weighted by Crippen LogP contribution is -2.38. The van der Waals surface area contributed by atoms with Gasteiger partial charge in [0, 0.05) is 38.1 Å². The fourth-order valence-electron chi connectivity index (χ4n) is 3.38. The molecule has 0 spiro atoms. The van der Waals surface area contributed by atoms with Crippen LogP contribution in [-0.2, 0) is 16.1 Å². The van der Waals surface area contributed by atoms with Gasteiger partial charge in [-0.2, -0.15) is 0 Å². The normalized spacial score (nSPS) is 25.0. The number of ether oxygens (including phenoxy) is 1. The van der Waals surface area contributed by atoms with Crippen LogP contribution in [0.1, 0.15) is 37.9 Å². The van der Waals surface area contributed by atoms with E-state index in [-0.39, 0.29) is 12.0 Å². The van der Waals surface area contributed by atoms with E-state index in [2.05, 4.69) is 21.9 Å². The number of hydrogen-bond donors (Lipinski definition) is 0. The van der Waals surface area contributed by atoms with E-state index in [1.54, 1.807) is 12.4 Å². The maximum Gasteiger partial charge on any atom is 0.225 e. The van der Waals surface area contributed by atoms with Crippen LogP contribution in [0.3, 0.4) is 0 Å². The van der Waals surface area contributed by atoms with Gasteiger partial charge in [-0.15, -0.1) is 0 Å². The van der Waals surface area contributed by atoms with E-state index >= 15 is 0 Å². The third-order valence-electron chi connectivity index (χ3n) is 4.83. The van der Waals surface area contributed by atoms with E-state index < -0.39 is 0 Å². The fraction of sp³-hybridized carbons (Fsp3) is 0.706. The molecule has 0 bridgehead atoms. The van der Waals surface area contributed by atoms with Gasteiger partial charge in [-0.05, 0) is 38.8 Å². The molecule has 1 amide bonds. The van der Waals surface area contributed by atoms with Crippen LogP contribution in [0.4, 0.5) is 0 Å². The Balaban J connectivity index is 1.46. The van der Waals surface area contributed by atoms with Crippen LogP contribution in [0.5, 0.6) is 0 Å². The van der Waals surface area contributed by atoms with Gasteiger partial charge in [0.05, 0.1) is 19.1 Å². The zero-order valence-electron chi connectivity index (χ0n) is 13.9. The minimum Gasteiger partial charge on any atom is -0.378 e. The van der Waals surface area contributed by atoms with Crippen molar-refractivity contribution in [2.75, 3.05) is 26.7 Å². The zero-order chi connectivity index (χ0) is 16.1. The van der Waals surface area contributed by atoms with Crippen molar-refractivity contribution in [2.45, 2.75) is 50.8 Å². The van der Waals surface area contributed by atoms with Crippen molar-refractivity contribution in [1.29, 1.82) is 0 Å². The minimum absolute atomic E-state index is 0.130. The molecule has 2 saturated heterocycles. The molecular formula is C17H26N4O2. The van der Waals surface area contributed by atoms with Gasteiger partial charge >= 0.3 is 0 Å². The summed E-state index contributed by atoms with van der Waals surface area (Å²) in [6.45, 7) is 3.17. The Morgan fingerprint density at radius 1 is 1.35 bits per heavy atom. The summed E-state index contributed by atoms with van der Waals surface area (Å²) in [5.74, 6) is 1.07. The molecule has 2 aliphatic rings. The van der Waals surface area contributed by atoms with Crippen LogP contribution in [0.15, 0.2) is 18.5 Å². The van der Waals surface area contributed by atoms with E-state index in [1.165, 1.54) is 6.42 Å². The largest absolute Gasteiger partial charge is 0.378 e. The quantitative estimate of drug-likeness (QED) is 0.823. The summed E-state index contributed by atoms with van der Waals surface area (Å²) in [5.41, 5.74) is 0. The number of likely N-dealkylation sites (N-methyl/N-ethyl adjacent to an activating group) is 1. The van der Waals surface area contributed by atoms with Gasteiger partial charge in [-0.1, -0.05) is 0 Å². The number of carbonyl (C=O) groups is 1. The standard InChI is InChI=1S/C17H26N4O2/c1-20(13-16-18-7-4-8-19-16)14-6-9-21(12-14)17(22)11-15-5-2-3-10-23-15/h4,7-8,14-15H,2-3,5-6,9-13H2,1H3. The van der Waals surface area contributed by atoms with E-state index in [4.69, 9.17) is 4.74 Å². The van der Waals surface area contributed by atoms with Crippen molar-refractivity contribution < 1.29 is 9.53 Å². The lowest BCUT2D eigenvalue weighted by atomic mass is 10.1. The number of rotatable bonds is 5. The summed E-state index contributed by atoms with van der Waals surface area (Å²) in [6, 6.07) is 2.21. The third kappa shape index (κ3) is 4.48. The highest BCUT2D eigenvalue weighted by Crippen LogP contribution is 2.20. The van der Waals surface area contributed by atoms with Crippen LogP contribution in [0.25, 0.3) is 0 Å². The van der Waals surface area contributed by atoms with E-state index in [9.17, 15) is 4.79 Å². The summed E-state index contributed by atoms with van der Waals surface area (Å²) in [7, 11) is 2.08. The molecular weight excluding hydrogens is 292 g/mol. The first-order chi connectivity index (χ1) is 11.2. The fourth-order valence-corrected chi connectivity index (χ4v) is 3.38. The van der Waals surface area contributed by atoms with Crippen LogP contribution >= 0.6 is 0 Å². The number of amides is 1. The monoisotopic (exact) mass is 318 g/mol. The summed E-state index contributed by atoms with van der Waals surface area (Å²) in [4.78, 5) is 25.2. The van der Waals surface area contributed by atoms with Crippen molar-refractivity contribution in [3.63, 3.8) is 0 Å². The molecule has 2 unspecified atom stereocenters. The second kappa shape index (κ2) is 7.84. The Morgan fingerprint density at radius 2 is 2.17 bits per heavy atom. The van der Waals surface area contributed by atoms with Gasteiger partial charge in [0.2, 0.25) is 5.91 Å². The number of nitrogens with zero attached hydrogens (tertiary/aromatic N) is 4. The lowest BCUT2D eigenvalue weighted by Gasteiger charge is -2.26. The Hall–Kier alpha value is -1.53. The Labute approximate surface area is 137 Å². The molecule has 3 heterocycles. The molecule has 0 aliphatic carbocycles. The first-order valence-corrected chi connectivity index (χ1v) is 8.58. The van der Waals surface area contributed by atoms with Gasteiger partial charge in [0.1, 0.15) is 5.82 Å². The molecule has 2 fully saturated rings. The third-order valence-corrected chi connectivity index (χ3v) is 4.83. The van der Waals surface area contributed by atoms with Crippen molar-refractivity contribution in [3.05, 3.63) is 24.3 Å². The highest BCUT2D eigenvalue weighted by molar-refractivity contribution is 5.77. The van der Waals surface area contributed by atoms with Crippen LogP contribution in [-0.4, -0.2) is 64.6 Å². The molecule has 3 rings (SSSR count). The molecule has 2 aliphatic heterocycles. The molecule has 0 radical (unpaired) electrons. The average molecular weight is 318 g/mol. The number of carbonyl (C=O) groups excluding carboxylic acids is 1. The number of likely N-dealkylation sites (tertiary alicyclic amines) is 1. The predicted octanol–water partition coefficient (Wildman–Crippen LogP) is 1.47. The van der Waals surface area contributed by atoms with Gasteiger partial charge < -0.3 is 9.64 Å². The second-order valence-corrected chi connectivity index (χ2v) is 6.56. The molecule has 23 heavy (non-hydrogen) atoms.